The van der Waals surface area contributed by atoms with Crippen molar-refractivity contribution in [2.24, 2.45) is 0 Å². The number of aryl methyl sites for hydroxylation is 1. The lowest BCUT2D eigenvalue weighted by atomic mass is 10.1. The summed E-state index contributed by atoms with van der Waals surface area (Å²) in [6.07, 6.45) is -0.0760. The molecule has 3 nitrogen and oxygen atoms in total. The number of halogens is 3. The van der Waals surface area contributed by atoms with Gasteiger partial charge in [0.15, 0.2) is 0 Å². The predicted molar refractivity (Wildman–Crippen MR) is 67.4 cm³/mol. The summed E-state index contributed by atoms with van der Waals surface area (Å²) in [5.41, 5.74) is 5.57. The van der Waals surface area contributed by atoms with Crippen LogP contribution >= 0.6 is 0 Å². The van der Waals surface area contributed by atoms with Crippen LogP contribution < -0.4 is 5.73 Å². The minimum absolute atomic E-state index is 0.0818. The number of nitrogens with two attached hydrogens (primary N) is 1. The minimum Gasteiger partial charge on any atom is -0.398 e. The van der Waals surface area contributed by atoms with Gasteiger partial charge in [0.25, 0.3) is 0 Å². The van der Waals surface area contributed by atoms with Crippen LogP contribution in [0, 0.1) is 0 Å². The van der Waals surface area contributed by atoms with E-state index >= 15 is 0 Å². The van der Waals surface area contributed by atoms with E-state index in [2.05, 4.69) is 4.98 Å². The van der Waals surface area contributed by atoms with Crippen LogP contribution in [0.5, 0.6) is 0 Å². The first-order valence-electron chi connectivity index (χ1n) is 5.91. The van der Waals surface area contributed by atoms with Gasteiger partial charge in [-0.05, 0) is 24.6 Å². The largest absolute Gasteiger partial charge is 0.416 e. The van der Waals surface area contributed by atoms with E-state index in [9.17, 15) is 13.2 Å². The Hall–Kier alpha value is -1.98. The molecule has 0 bridgehead atoms. The zero-order chi connectivity index (χ0) is 14.0. The fraction of sp³-hybridized carbons (Fsp3) is 0.308. The van der Waals surface area contributed by atoms with Crippen molar-refractivity contribution >= 4 is 5.69 Å². The molecule has 1 heterocycles. The quantitative estimate of drug-likeness (QED) is 0.866. The van der Waals surface area contributed by atoms with Crippen LogP contribution in [0.1, 0.15) is 18.9 Å². The molecule has 6 heteroatoms. The van der Waals surface area contributed by atoms with E-state index in [4.69, 9.17) is 5.73 Å². The van der Waals surface area contributed by atoms with Crippen LogP contribution in [0.2, 0.25) is 0 Å². The normalized spacial score (nSPS) is 11.8. The molecular formula is C13H14F3N3. The number of hydrogen-bond donors (Lipinski definition) is 1. The fourth-order valence-electron chi connectivity index (χ4n) is 1.92. The molecule has 0 unspecified atom stereocenters. The number of hydrogen-bond acceptors (Lipinski definition) is 2. The first kappa shape index (κ1) is 13.5. The van der Waals surface area contributed by atoms with Gasteiger partial charge in [-0.3, -0.25) is 0 Å². The maximum absolute atomic E-state index is 12.6. The molecule has 0 radical (unpaired) electrons. The number of rotatable bonds is 3. The lowest BCUT2D eigenvalue weighted by Crippen LogP contribution is -2.07. The molecule has 0 amide bonds. The monoisotopic (exact) mass is 269 g/mol. The highest BCUT2D eigenvalue weighted by atomic mass is 19.4. The van der Waals surface area contributed by atoms with Crippen LogP contribution in [0.25, 0.3) is 11.4 Å². The van der Waals surface area contributed by atoms with E-state index in [1.807, 2.05) is 11.5 Å². The van der Waals surface area contributed by atoms with E-state index in [1.165, 1.54) is 6.07 Å². The molecule has 0 aliphatic carbocycles. The molecule has 0 spiro atoms. The number of nitrogens with zero attached hydrogens (tertiary/aromatic N) is 2. The van der Waals surface area contributed by atoms with E-state index in [-0.39, 0.29) is 5.69 Å². The zero-order valence-corrected chi connectivity index (χ0v) is 10.4. The van der Waals surface area contributed by atoms with Gasteiger partial charge < -0.3 is 10.3 Å². The van der Waals surface area contributed by atoms with Gasteiger partial charge in [-0.15, -0.1) is 0 Å². The fourth-order valence-corrected chi connectivity index (χ4v) is 1.92. The summed E-state index contributed by atoms with van der Waals surface area (Å²) in [5.74, 6) is 0.591. The Balaban J connectivity index is 2.44. The summed E-state index contributed by atoms with van der Waals surface area (Å²) in [6.45, 7) is 2.76. The molecule has 2 rings (SSSR count). The average molecular weight is 269 g/mol. The van der Waals surface area contributed by atoms with Gasteiger partial charge in [-0.25, -0.2) is 4.98 Å². The van der Waals surface area contributed by atoms with Crippen molar-refractivity contribution < 1.29 is 13.2 Å². The molecule has 2 N–H and O–H groups in total. The minimum atomic E-state index is -4.38. The number of imidazole rings is 1. The Morgan fingerprint density at radius 2 is 2.05 bits per heavy atom. The molecule has 0 saturated carbocycles. The first-order chi connectivity index (χ1) is 8.93. The summed E-state index contributed by atoms with van der Waals surface area (Å²) in [4.78, 5) is 4.16. The number of aromatic nitrogens is 2. The van der Waals surface area contributed by atoms with Crippen molar-refractivity contribution in [3.8, 4) is 11.4 Å². The molecule has 0 saturated heterocycles. The highest BCUT2D eigenvalue weighted by molar-refractivity contribution is 5.72. The smallest absolute Gasteiger partial charge is 0.398 e. The standard InChI is InChI=1S/C13H14F3N3/c1-2-6-19-7-5-18-12(19)10-4-3-9(8-11(10)17)13(14,15)16/h3-5,7-8H,2,6,17H2,1H3. The topological polar surface area (TPSA) is 43.8 Å². The average Bonchev–Trinajstić information content (AvgIpc) is 2.76. The Morgan fingerprint density at radius 1 is 1.32 bits per heavy atom. The second-order valence-electron chi connectivity index (χ2n) is 4.24. The van der Waals surface area contributed by atoms with Crippen LogP contribution in [0.4, 0.5) is 18.9 Å². The molecule has 0 aliphatic heterocycles. The molecule has 1 aromatic carbocycles. The van der Waals surface area contributed by atoms with E-state index < -0.39 is 11.7 Å². The zero-order valence-electron chi connectivity index (χ0n) is 10.4. The Morgan fingerprint density at radius 3 is 2.63 bits per heavy atom. The highest BCUT2D eigenvalue weighted by Gasteiger charge is 2.31. The van der Waals surface area contributed by atoms with Gasteiger partial charge in [0.05, 0.1) is 5.56 Å². The Bertz CT molecular complexity index is 573. The SMILES string of the molecule is CCCn1ccnc1-c1ccc(C(F)(F)F)cc1N. The Kier molecular flexibility index (Phi) is 3.50. The molecule has 102 valence electrons. The number of alkyl halides is 3. The molecule has 1 aromatic heterocycles. The van der Waals surface area contributed by atoms with E-state index in [0.29, 0.717) is 11.4 Å². The van der Waals surface area contributed by atoms with Crippen LogP contribution in [-0.2, 0) is 12.7 Å². The van der Waals surface area contributed by atoms with Crippen LogP contribution in [0.15, 0.2) is 30.6 Å². The molecular weight excluding hydrogens is 255 g/mol. The second kappa shape index (κ2) is 4.95. The van der Waals surface area contributed by atoms with E-state index in [0.717, 1.165) is 25.1 Å². The maximum Gasteiger partial charge on any atom is 0.416 e. The van der Waals surface area contributed by atoms with E-state index in [1.54, 1.807) is 12.4 Å². The molecule has 0 aliphatic rings. The molecule has 2 aromatic rings. The van der Waals surface area contributed by atoms with Crippen molar-refractivity contribution in [2.45, 2.75) is 26.1 Å². The lowest BCUT2D eigenvalue weighted by molar-refractivity contribution is -0.137. The van der Waals surface area contributed by atoms with Crippen LogP contribution in [-0.4, -0.2) is 9.55 Å². The third-order valence-corrected chi connectivity index (χ3v) is 2.80. The van der Waals surface area contributed by atoms with Crippen molar-refractivity contribution in [2.75, 3.05) is 5.73 Å². The van der Waals surface area contributed by atoms with Gasteiger partial charge in [-0.2, -0.15) is 13.2 Å². The summed E-state index contributed by atoms with van der Waals surface area (Å²) in [5, 5.41) is 0. The highest BCUT2D eigenvalue weighted by Crippen LogP contribution is 2.34. The van der Waals surface area contributed by atoms with Gasteiger partial charge in [0.1, 0.15) is 5.82 Å². The third kappa shape index (κ3) is 2.72. The molecule has 19 heavy (non-hydrogen) atoms. The van der Waals surface area contributed by atoms with Crippen molar-refractivity contribution in [1.82, 2.24) is 9.55 Å². The molecule has 0 atom stereocenters. The number of anilines is 1. The van der Waals surface area contributed by atoms with Gasteiger partial charge in [-0.1, -0.05) is 6.92 Å². The first-order valence-corrected chi connectivity index (χ1v) is 5.91. The second-order valence-corrected chi connectivity index (χ2v) is 4.24. The van der Waals surface area contributed by atoms with Gasteiger partial charge >= 0.3 is 6.18 Å². The predicted octanol–water partition coefficient (Wildman–Crippen LogP) is 3.56. The maximum atomic E-state index is 12.6. The van der Waals surface area contributed by atoms with Gasteiger partial charge in [0, 0.05) is 30.2 Å². The molecule has 0 fully saturated rings. The van der Waals surface area contributed by atoms with Crippen molar-refractivity contribution in [3.63, 3.8) is 0 Å². The summed E-state index contributed by atoms with van der Waals surface area (Å²) in [6, 6.07) is 3.34. The number of nitrogen functional groups attached to an aromatic ring is 1. The summed E-state index contributed by atoms with van der Waals surface area (Å²) in [7, 11) is 0. The summed E-state index contributed by atoms with van der Waals surface area (Å²) >= 11 is 0. The van der Waals surface area contributed by atoms with Crippen LogP contribution in [0.3, 0.4) is 0 Å². The summed E-state index contributed by atoms with van der Waals surface area (Å²) < 4.78 is 39.6. The lowest BCUT2D eigenvalue weighted by Gasteiger charge is -2.12. The number of benzene rings is 1. The Labute approximate surface area is 108 Å². The van der Waals surface area contributed by atoms with Gasteiger partial charge in [0.2, 0.25) is 0 Å². The van der Waals surface area contributed by atoms with Crippen molar-refractivity contribution in [1.29, 1.82) is 0 Å². The van der Waals surface area contributed by atoms with Crippen molar-refractivity contribution in [3.05, 3.63) is 36.2 Å². The third-order valence-electron chi connectivity index (χ3n) is 2.80.